The molecule has 1 aromatic heterocycles. The molecule has 0 aromatic carbocycles. The molecule has 100 valence electrons. The van der Waals surface area contributed by atoms with Gasteiger partial charge in [-0.2, -0.15) is 11.8 Å². The minimum atomic E-state index is 0.309. The van der Waals surface area contributed by atoms with Crippen LogP contribution in [0.2, 0.25) is 0 Å². The van der Waals surface area contributed by atoms with Gasteiger partial charge in [-0.05, 0) is 42.6 Å². The van der Waals surface area contributed by atoms with Gasteiger partial charge in [0, 0.05) is 21.5 Å². The van der Waals surface area contributed by atoms with Crippen molar-refractivity contribution >= 4 is 23.1 Å². The van der Waals surface area contributed by atoms with Crippen LogP contribution < -0.4 is 5.73 Å². The van der Waals surface area contributed by atoms with Crippen molar-refractivity contribution in [3.8, 4) is 0 Å². The first-order valence-corrected chi connectivity index (χ1v) is 9.26. The third-order valence-electron chi connectivity index (χ3n) is 4.38. The highest BCUT2D eigenvalue weighted by Gasteiger charge is 2.24. The first-order valence-electron chi connectivity index (χ1n) is 7.29. The smallest absolute Gasteiger partial charge is 0.0418 e. The second-order valence-corrected chi connectivity index (χ2v) is 7.95. The van der Waals surface area contributed by atoms with Gasteiger partial charge in [-0.1, -0.05) is 25.7 Å². The quantitative estimate of drug-likeness (QED) is 0.807. The highest BCUT2D eigenvalue weighted by atomic mass is 32.2. The molecule has 1 fully saturated rings. The monoisotopic (exact) mass is 281 g/mol. The lowest BCUT2D eigenvalue weighted by molar-refractivity contribution is 0.386. The summed E-state index contributed by atoms with van der Waals surface area (Å²) in [6.45, 7) is 0. The molecule has 3 heteroatoms. The Morgan fingerprint density at radius 3 is 2.67 bits per heavy atom. The van der Waals surface area contributed by atoms with Crippen molar-refractivity contribution in [2.75, 3.05) is 5.75 Å². The first kappa shape index (κ1) is 13.0. The van der Waals surface area contributed by atoms with E-state index in [2.05, 4.69) is 17.8 Å². The molecule has 2 aliphatic rings. The Hall–Kier alpha value is 0.01000. The molecule has 0 amide bonds. The van der Waals surface area contributed by atoms with Gasteiger partial charge in [-0.25, -0.2) is 0 Å². The average Bonchev–Trinajstić information content (AvgIpc) is 2.64. The highest BCUT2D eigenvalue weighted by molar-refractivity contribution is 7.98. The third-order valence-corrected chi connectivity index (χ3v) is 6.73. The van der Waals surface area contributed by atoms with Crippen molar-refractivity contribution in [1.29, 1.82) is 0 Å². The van der Waals surface area contributed by atoms with Crippen LogP contribution in [0.4, 0.5) is 0 Å². The summed E-state index contributed by atoms with van der Waals surface area (Å²) in [6.07, 6.45) is 9.57. The van der Waals surface area contributed by atoms with E-state index in [4.69, 9.17) is 5.73 Å². The Balaban J connectivity index is 1.74. The standard InChI is InChI=1S/C15H23NS2/c16-15(11-5-3-1-2-4-6-11)14-9-12-10-17-8-7-13(12)18-14/h9,11,15H,1-8,10,16H2. The average molecular weight is 281 g/mol. The summed E-state index contributed by atoms with van der Waals surface area (Å²) in [4.78, 5) is 3.09. The molecule has 1 aromatic rings. The third kappa shape index (κ3) is 2.78. The van der Waals surface area contributed by atoms with Crippen LogP contribution in [-0.2, 0) is 12.2 Å². The molecule has 2 N–H and O–H groups in total. The summed E-state index contributed by atoms with van der Waals surface area (Å²) in [5.74, 6) is 3.25. The number of fused-ring (bicyclic) bond motifs is 1. The molecule has 1 unspecified atom stereocenters. The molecule has 0 saturated heterocycles. The van der Waals surface area contributed by atoms with E-state index in [0.717, 1.165) is 5.92 Å². The summed E-state index contributed by atoms with van der Waals surface area (Å²) in [5.41, 5.74) is 8.13. The lowest BCUT2D eigenvalue weighted by Gasteiger charge is -2.21. The van der Waals surface area contributed by atoms with Gasteiger partial charge in [0.05, 0.1) is 0 Å². The van der Waals surface area contributed by atoms with Gasteiger partial charge in [-0.3, -0.25) is 0 Å². The first-order chi connectivity index (χ1) is 8.84. The van der Waals surface area contributed by atoms with E-state index in [1.807, 2.05) is 11.3 Å². The van der Waals surface area contributed by atoms with Crippen molar-refractivity contribution in [3.63, 3.8) is 0 Å². The maximum atomic E-state index is 6.55. The molecule has 1 aliphatic heterocycles. The van der Waals surface area contributed by atoms with E-state index >= 15 is 0 Å². The van der Waals surface area contributed by atoms with Gasteiger partial charge >= 0.3 is 0 Å². The van der Waals surface area contributed by atoms with E-state index in [0.29, 0.717) is 6.04 Å². The predicted octanol–water partition coefficient (Wildman–Crippen LogP) is 4.51. The van der Waals surface area contributed by atoms with Crippen LogP contribution in [0.3, 0.4) is 0 Å². The number of thioether (sulfide) groups is 1. The van der Waals surface area contributed by atoms with Crippen LogP contribution in [0.5, 0.6) is 0 Å². The lowest BCUT2D eigenvalue weighted by Crippen LogP contribution is -2.20. The Morgan fingerprint density at radius 1 is 1.17 bits per heavy atom. The fourth-order valence-corrected chi connectivity index (χ4v) is 5.71. The number of aryl methyl sites for hydroxylation is 1. The molecule has 0 radical (unpaired) electrons. The van der Waals surface area contributed by atoms with Crippen molar-refractivity contribution < 1.29 is 0 Å². The maximum Gasteiger partial charge on any atom is 0.0418 e. The fraction of sp³-hybridized carbons (Fsp3) is 0.733. The Kier molecular flexibility index (Phi) is 4.32. The van der Waals surface area contributed by atoms with E-state index in [-0.39, 0.29) is 0 Å². The molecule has 0 bridgehead atoms. The second-order valence-electron chi connectivity index (χ2n) is 5.68. The highest BCUT2D eigenvalue weighted by Crippen LogP contribution is 2.38. The summed E-state index contributed by atoms with van der Waals surface area (Å²) >= 11 is 4.07. The minimum absolute atomic E-state index is 0.309. The number of thiophene rings is 1. The SMILES string of the molecule is NC(c1cc2c(s1)CCSC2)C1CCCCCC1. The van der Waals surface area contributed by atoms with Crippen LogP contribution in [0.25, 0.3) is 0 Å². The molecule has 1 saturated carbocycles. The fourth-order valence-electron chi connectivity index (χ4n) is 3.24. The van der Waals surface area contributed by atoms with Crippen LogP contribution in [0.15, 0.2) is 6.07 Å². The molecule has 18 heavy (non-hydrogen) atoms. The summed E-state index contributed by atoms with van der Waals surface area (Å²) < 4.78 is 0. The Bertz CT molecular complexity index is 368. The van der Waals surface area contributed by atoms with Gasteiger partial charge in [0.15, 0.2) is 0 Å². The second kappa shape index (κ2) is 5.98. The molecule has 0 spiro atoms. The van der Waals surface area contributed by atoms with Crippen LogP contribution >= 0.6 is 23.1 Å². The number of hydrogen-bond acceptors (Lipinski definition) is 3. The van der Waals surface area contributed by atoms with Gasteiger partial charge in [0.1, 0.15) is 0 Å². The Labute approximate surface area is 119 Å². The van der Waals surface area contributed by atoms with Gasteiger partial charge in [-0.15, -0.1) is 11.3 Å². The van der Waals surface area contributed by atoms with E-state index in [9.17, 15) is 0 Å². The van der Waals surface area contributed by atoms with Crippen molar-refractivity contribution in [2.24, 2.45) is 11.7 Å². The van der Waals surface area contributed by atoms with Gasteiger partial charge < -0.3 is 5.73 Å². The minimum Gasteiger partial charge on any atom is -0.323 e. The summed E-state index contributed by atoms with van der Waals surface area (Å²) in [5, 5.41) is 0. The topological polar surface area (TPSA) is 26.0 Å². The molecule has 3 rings (SSSR count). The molecule has 1 atom stereocenters. The molecular formula is C15H23NS2. The molecular weight excluding hydrogens is 258 g/mol. The number of rotatable bonds is 2. The van der Waals surface area contributed by atoms with Crippen LogP contribution in [0.1, 0.15) is 59.9 Å². The van der Waals surface area contributed by atoms with Crippen LogP contribution in [0, 0.1) is 5.92 Å². The van der Waals surface area contributed by atoms with Crippen LogP contribution in [-0.4, -0.2) is 5.75 Å². The summed E-state index contributed by atoms with van der Waals surface area (Å²) in [7, 11) is 0. The van der Waals surface area contributed by atoms with E-state index < -0.39 is 0 Å². The molecule has 2 heterocycles. The molecule has 1 aliphatic carbocycles. The van der Waals surface area contributed by atoms with Gasteiger partial charge in [0.25, 0.3) is 0 Å². The van der Waals surface area contributed by atoms with E-state index in [1.165, 1.54) is 61.3 Å². The van der Waals surface area contributed by atoms with Crippen molar-refractivity contribution in [3.05, 3.63) is 21.4 Å². The zero-order valence-corrected chi connectivity index (χ0v) is 12.6. The zero-order valence-electron chi connectivity index (χ0n) is 11.0. The maximum absolute atomic E-state index is 6.55. The van der Waals surface area contributed by atoms with Crippen molar-refractivity contribution in [2.45, 2.75) is 56.7 Å². The lowest BCUT2D eigenvalue weighted by atomic mass is 9.91. The normalized spacial score (nSPS) is 23.4. The van der Waals surface area contributed by atoms with Gasteiger partial charge in [0.2, 0.25) is 0 Å². The number of nitrogens with two attached hydrogens (primary N) is 1. The summed E-state index contributed by atoms with van der Waals surface area (Å²) in [6, 6.07) is 2.73. The number of hydrogen-bond donors (Lipinski definition) is 1. The predicted molar refractivity (Wildman–Crippen MR) is 82.3 cm³/mol. The van der Waals surface area contributed by atoms with E-state index in [1.54, 1.807) is 10.4 Å². The zero-order chi connectivity index (χ0) is 12.4. The molecule has 1 nitrogen and oxygen atoms in total. The van der Waals surface area contributed by atoms with Crippen molar-refractivity contribution in [1.82, 2.24) is 0 Å². The Morgan fingerprint density at radius 2 is 1.94 bits per heavy atom. The largest absolute Gasteiger partial charge is 0.323 e.